The SMILES string of the molecule is CC1(C)C2CC3=C(C=C2C2C=C(c4ccc(C5=NC6SC7=CC=CCC7C6C(c6ccccc6)=N5)cc4)C=CC21)C1=CCCC=C1C31CCCCC1. The van der Waals surface area contributed by atoms with Crippen LogP contribution in [0.3, 0.4) is 0 Å². The van der Waals surface area contributed by atoms with Crippen LogP contribution in [0.2, 0.25) is 0 Å². The molecule has 0 N–H and O–H groups in total. The van der Waals surface area contributed by atoms with Crippen molar-refractivity contribution in [2.45, 2.75) is 77.0 Å². The van der Waals surface area contributed by atoms with Gasteiger partial charge in [-0.3, -0.25) is 4.99 Å². The zero-order chi connectivity index (χ0) is 34.6. The minimum Gasteiger partial charge on any atom is -0.251 e. The van der Waals surface area contributed by atoms with Crippen molar-refractivity contribution in [2.75, 3.05) is 0 Å². The number of fused-ring (bicyclic) bond motifs is 10. The molecule has 7 aliphatic carbocycles. The number of hydrogen-bond donors (Lipinski definition) is 0. The molecule has 0 amide bonds. The summed E-state index contributed by atoms with van der Waals surface area (Å²) < 4.78 is 0. The Morgan fingerprint density at radius 3 is 2.52 bits per heavy atom. The van der Waals surface area contributed by atoms with Gasteiger partial charge < -0.3 is 0 Å². The van der Waals surface area contributed by atoms with Crippen LogP contribution < -0.4 is 0 Å². The summed E-state index contributed by atoms with van der Waals surface area (Å²) in [5, 5.41) is 0.168. The number of thioether (sulfide) groups is 1. The second-order valence-corrected chi connectivity index (χ2v) is 18.6. The van der Waals surface area contributed by atoms with Crippen molar-refractivity contribution in [3.05, 3.63) is 159 Å². The summed E-state index contributed by atoms with van der Waals surface area (Å²) in [5.74, 6) is 3.26. The molecule has 2 aliphatic heterocycles. The molecule has 260 valence electrons. The Balaban J connectivity index is 0.927. The average molecular weight is 697 g/mol. The summed E-state index contributed by atoms with van der Waals surface area (Å²) in [6.45, 7) is 5.14. The molecule has 0 radical (unpaired) electrons. The summed E-state index contributed by atoms with van der Waals surface area (Å²) in [6.07, 6.45) is 34.0. The normalized spacial score (nSPS) is 32.9. The first kappa shape index (κ1) is 31.6. The van der Waals surface area contributed by atoms with E-state index in [1.165, 1.54) is 78.7 Å². The summed E-state index contributed by atoms with van der Waals surface area (Å²) in [6, 6.07) is 20.0. The first-order valence-electron chi connectivity index (χ1n) is 20.1. The molecule has 1 saturated heterocycles. The van der Waals surface area contributed by atoms with Gasteiger partial charge in [0.25, 0.3) is 0 Å². The zero-order valence-corrected chi connectivity index (χ0v) is 31.3. The largest absolute Gasteiger partial charge is 0.251 e. The summed E-state index contributed by atoms with van der Waals surface area (Å²) in [4.78, 5) is 12.1. The average Bonchev–Trinajstić information content (AvgIpc) is 3.78. The van der Waals surface area contributed by atoms with E-state index in [4.69, 9.17) is 9.98 Å². The fraction of sp³-hybridized carbons (Fsp3) is 0.388. The van der Waals surface area contributed by atoms with Crippen LogP contribution in [0.15, 0.2) is 152 Å². The Kier molecular flexibility index (Phi) is 7.15. The molecule has 0 aromatic heterocycles. The van der Waals surface area contributed by atoms with E-state index >= 15 is 0 Å². The zero-order valence-electron chi connectivity index (χ0n) is 30.5. The van der Waals surface area contributed by atoms with Gasteiger partial charge in [0, 0.05) is 28.7 Å². The van der Waals surface area contributed by atoms with E-state index in [2.05, 4.69) is 123 Å². The highest BCUT2D eigenvalue weighted by Crippen LogP contribution is 2.68. The van der Waals surface area contributed by atoms with Crippen molar-refractivity contribution in [3.63, 3.8) is 0 Å². The van der Waals surface area contributed by atoms with Gasteiger partial charge in [-0.15, -0.1) is 11.8 Å². The summed E-state index contributed by atoms with van der Waals surface area (Å²) >= 11 is 1.95. The Hall–Kier alpha value is -3.95. The smallest absolute Gasteiger partial charge is 0.156 e. The lowest BCUT2D eigenvalue weighted by molar-refractivity contribution is 0.202. The summed E-state index contributed by atoms with van der Waals surface area (Å²) in [5.41, 5.74) is 15.2. The van der Waals surface area contributed by atoms with E-state index in [-0.39, 0.29) is 10.8 Å². The fourth-order valence-corrected chi connectivity index (χ4v) is 13.4. The standard InChI is InChI=1S/C49H48N2S/c1-48(2)39-24-23-33(27-36(39)38-28-37-34-15-7-9-17-40(34)49(25-11-4-12-26-49)42(37)29-41(38)48)30-19-21-32(22-20-30)46-50-45(31-13-5-3-6-14-31)44-35-16-8-10-18-43(35)52-47(44)51-46/h3,5-6,8,10,13-15,17-24,27-28,35-36,39,41,44,47H,4,7,9,11-12,16,25-26,29H2,1-2H3. The molecule has 6 unspecified atom stereocenters. The lowest BCUT2D eigenvalue weighted by Crippen LogP contribution is -2.32. The monoisotopic (exact) mass is 696 g/mol. The first-order valence-corrected chi connectivity index (χ1v) is 21.0. The molecule has 1 spiro atoms. The van der Waals surface area contributed by atoms with Gasteiger partial charge in [0.15, 0.2) is 5.84 Å². The van der Waals surface area contributed by atoms with Crippen molar-refractivity contribution in [1.29, 1.82) is 0 Å². The molecule has 9 aliphatic rings. The highest BCUT2D eigenvalue weighted by atomic mass is 32.2. The van der Waals surface area contributed by atoms with E-state index in [9.17, 15) is 0 Å². The third kappa shape index (κ3) is 4.57. The molecular weight excluding hydrogens is 649 g/mol. The van der Waals surface area contributed by atoms with Crippen molar-refractivity contribution in [2.24, 2.45) is 50.4 Å². The molecule has 6 atom stereocenters. The lowest BCUT2D eigenvalue weighted by Gasteiger charge is -2.42. The number of nitrogens with zero attached hydrogens (tertiary/aromatic N) is 2. The molecule has 2 nitrogen and oxygen atoms in total. The molecule has 11 rings (SSSR count). The van der Waals surface area contributed by atoms with Gasteiger partial charge in [0.05, 0.1) is 5.71 Å². The Morgan fingerprint density at radius 1 is 0.865 bits per heavy atom. The van der Waals surface area contributed by atoms with Crippen LogP contribution in [0.5, 0.6) is 0 Å². The van der Waals surface area contributed by atoms with Gasteiger partial charge in [-0.05, 0) is 94.1 Å². The van der Waals surface area contributed by atoms with Crippen LogP contribution in [-0.2, 0) is 0 Å². The second-order valence-electron chi connectivity index (χ2n) is 17.4. The van der Waals surface area contributed by atoms with Crippen LogP contribution in [0.4, 0.5) is 0 Å². The van der Waals surface area contributed by atoms with E-state index in [1.54, 1.807) is 22.3 Å². The van der Waals surface area contributed by atoms with E-state index < -0.39 is 0 Å². The molecule has 3 heteroatoms. The molecule has 0 bridgehead atoms. The van der Waals surface area contributed by atoms with Gasteiger partial charge >= 0.3 is 0 Å². The predicted octanol–water partition coefficient (Wildman–Crippen LogP) is 12.2. The minimum absolute atomic E-state index is 0.168. The highest BCUT2D eigenvalue weighted by Gasteiger charge is 2.57. The van der Waals surface area contributed by atoms with Crippen LogP contribution in [0, 0.1) is 40.4 Å². The third-order valence-electron chi connectivity index (χ3n) is 14.5. The van der Waals surface area contributed by atoms with Crippen LogP contribution >= 0.6 is 11.8 Å². The number of hydrogen-bond acceptors (Lipinski definition) is 3. The van der Waals surface area contributed by atoms with Gasteiger partial charge in [-0.25, -0.2) is 4.99 Å². The van der Waals surface area contributed by atoms with E-state index in [0.717, 1.165) is 17.8 Å². The maximum atomic E-state index is 5.34. The van der Waals surface area contributed by atoms with Crippen LogP contribution in [0.25, 0.3) is 5.57 Å². The lowest BCUT2D eigenvalue weighted by atomic mass is 9.62. The second kappa shape index (κ2) is 11.8. The van der Waals surface area contributed by atoms with Crippen molar-refractivity contribution in [1.82, 2.24) is 0 Å². The maximum Gasteiger partial charge on any atom is 0.156 e. The fourth-order valence-electron chi connectivity index (χ4n) is 12.0. The predicted molar refractivity (Wildman–Crippen MR) is 218 cm³/mol. The summed E-state index contributed by atoms with van der Waals surface area (Å²) in [7, 11) is 0. The maximum absolute atomic E-state index is 5.34. The quantitative estimate of drug-likeness (QED) is 0.313. The van der Waals surface area contributed by atoms with Crippen molar-refractivity contribution >= 4 is 28.9 Å². The Labute approximate surface area is 313 Å². The van der Waals surface area contributed by atoms with Gasteiger partial charge in [0.2, 0.25) is 0 Å². The number of amidine groups is 1. The molecule has 2 aromatic carbocycles. The molecule has 3 fully saturated rings. The molecular formula is C49H48N2S. The topological polar surface area (TPSA) is 24.7 Å². The third-order valence-corrected chi connectivity index (χ3v) is 15.9. The first-order chi connectivity index (χ1) is 25.5. The number of benzene rings is 2. The van der Waals surface area contributed by atoms with Crippen LogP contribution in [-0.4, -0.2) is 16.9 Å². The number of aliphatic imine (C=N–C) groups is 2. The number of allylic oxidation sites excluding steroid dienone is 16. The van der Waals surface area contributed by atoms with E-state index in [1.807, 2.05) is 17.3 Å². The van der Waals surface area contributed by atoms with Crippen LogP contribution in [0.1, 0.15) is 88.3 Å². The minimum atomic E-state index is 0.168. The number of rotatable bonds is 3. The van der Waals surface area contributed by atoms with Gasteiger partial charge in [-0.1, -0.05) is 154 Å². The van der Waals surface area contributed by atoms with E-state index in [0.29, 0.717) is 35.0 Å². The Morgan fingerprint density at radius 2 is 1.67 bits per heavy atom. The van der Waals surface area contributed by atoms with Gasteiger partial charge in [-0.2, -0.15) is 0 Å². The highest BCUT2D eigenvalue weighted by molar-refractivity contribution is 8.04. The molecule has 2 aromatic rings. The molecule has 2 saturated carbocycles. The molecule has 52 heavy (non-hydrogen) atoms. The van der Waals surface area contributed by atoms with Crippen molar-refractivity contribution in [3.8, 4) is 0 Å². The molecule has 2 heterocycles. The van der Waals surface area contributed by atoms with Crippen molar-refractivity contribution < 1.29 is 0 Å². The Bertz CT molecular complexity index is 2190. The van der Waals surface area contributed by atoms with Gasteiger partial charge in [0.1, 0.15) is 5.37 Å².